The van der Waals surface area contributed by atoms with E-state index < -0.39 is 11.6 Å². The smallest absolute Gasteiger partial charge is 0.344 e. The van der Waals surface area contributed by atoms with E-state index in [0.29, 0.717) is 16.9 Å². The molecule has 140 valence electrons. The van der Waals surface area contributed by atoms with Gasteiger partial charge in [0.15, 0.2) is 6.61 Å². The first-order chi connectivity index (χ1) is 13.0. The second-order valence-corrected chi connectivity index (χ2v) is 6.47. The summed E-state index contributed by atoms with van der Waals surface area (Å²) in [5, 5.41) is 0.765. The molecule has 0 saturated heterocycles. The topological polar surface area (TPSA) is 65.7 Å². The molecule has 27 heavy (non-hydrogen) atoms. The van der Waals surface area contributed by atoms with Gasteiger partial charge in [-0.2, -0.15) is 0 Å². The second-order valence-electron chi connectivity index (χ2n) is 6.47. The van der Waals surface area contributed by atoms with Gasteiger partial charge in [-0.3, -0.25) is 0 Å². The lowest BCUT2D eigenvalue weighted by Crippen LogP contribution is -2.15. The lowest BCUT2D eigenvalue weighted by atomic mass is 10.0. The van der Waals surface area contributed by atoms with Crippen molar-refractivity contribution >= 4 is 16.9 Å². The molecule has 0 aliphatic rings. The zero-order valence-electron chi connectivity index (χ0n) is 15.7. The molecule has 0 fully saturated rings. The molecule has 0 saturated carbocycles. The van der Waals surface area contributed by atoms with E-state index in [1.807, 2.05) is 50.2 Å². The maximum atomic E-state index is 12.0. The number of hydrogen-bond acceptors (Lipinski definition) is 5. The Bertz CT molecular complexity index is 1020. The van der Waals surface area contributed by atoms with Crippen LogP contribution in [0.2, 0.25) is 0 Å². The summed E-state index contributed by atoms with van der Waals surface area (Å²) in [5.74, 6) is 0.112. The third kappa shape index (κ3) is 4.56. The minimum atomic E-state index is -0.500. The Morgan fingerprint density at radius 3 is 2.44 bits per heavy atom. The zero-order chi connectivity index (χ0) is 19.4. The van der Waals surface area contributed by atoms with Crippen molar-refractivity contribution in [2.24, 2.45) is 0 Å². The van der Waals surface area contributed by atoms with Crippen molar-refractivity contribution in [3.05, 3.63) is 75.1 Å². The van der Waals surface area contributed by atoms with E-state index in [9.17, 15) is 9.59 Å². The monoisotopic (exact) mass is 366 g/mol. The molecule has 5 heteroatoms. The molecule has 0 N–H and O–H groups in total. The van der Waals surface area contributed by atoms with Gasteiger partial charge in [0.2, 0.25) is 0 Å². The molecule has 0 radical (unpaired) electrons. The van der Waals surface area contributed by atoms with Gasteiger partial charge in [-0.1, -0.05) is 19.1 Å². The summed E-state index contributed by atoms with van der Waals surface area (Å²) in [6.45, 7) is 5.80. The number of fused-ring (bicyclic) bond motifs is 1. The number of hydrogen-bond donors (Lipinski definition) is 0. The molecule has 3 aromatic rings. The molecule has 0 spiro atoms. The fraction of sp³-hybridized carbons (Fsp3) is 0.273. The first-order valence-corrected chi connectivity index (χ1v) is 8.87. The first kappa shape index (κ1) is 18.7. The highest BCUT2D eigenvalue weighted by atomic mass is 16.6. The van der Waals surface area contributed by atoms with Gasteiger partial charge < -0.3 is 13.9 Å². The SMILES string of the molecule is CCc1ccc(OCC(=O)OCc2cc(=O)oc3cc(C)c(C)cc23)cc1. The number of esters is 1. The van der Waals surface area contributed by atoms with Crippen LogP contribution in [0, 0.1) is 13.8 Å². The minimum absolute atomic E-state index is 0.0123. The average molecular weight is 366 g/mol. The van der Waals surface area contributed by atoms with Crippen LogP contribution in [0.15, 0.2) is 51.7 Å². The summed E-state index contributed by atoms with van der Waals surface area (Å²) < 4.78 is 16.0. The first-order valence-electron chi connectivity index (χ1n) is 8.87. The fourth-order valence-electron chi connectivity index (χ4n) is 2.77. The second kappa shape index (κ2) is 8.08. The van der Waals surface area contributed by atoms with Crippen molar-refractivity contribution in [3.8, 4) is 5.75 Å². The van der Waals surface area contributed by atoms with Gasteiger partial charge in [0, 0.05) is 17.0 Å². The molecule has 0 amide bonds. The molecule has 0 atom stereocenters. The zero-order valence-corrected chi connectivity index (χ0v) is 15.7. The van der Waals surface area contributed by atoms with Crippen molar-refractivity contribution < 1.29 is 18.7 Å². The third-order valence-electron chi connectivity index (χ3n) is 4.52. The van der Waals surface area contributed by atoms with E-state index in [1.165, 1.54) is 11.6 Å². The van der Waals surface area contributed by atoms with Gasteiger partial charge in [0.25, 0.3) is 0 Å². The highest BCUT2D eigenvalue weighted by Crippen LogP contribution is 2.22. The van der Waals surface area contributed by atoms with Crippen LogP contribution in [0.4, 0.5) is 0 Å². The van der Waals surface area contributed by atoms with Crippen LogP contribution in [-0.4, -0.2) is 12.6 Å². The molecule has 0 aliphatic carbocycles. The van der Waals surface area contributed by atoms with Gasteiger partial charge in [0.1, 0.15) is 17.9 Å². The van der Waals surface area contributed by atoms with E-state index >= 15 is 0 Å². The van der Waals surface area contributed by atoms with E-state index in [0.717, 1.165) is 22.9 Å². The van der Waals surface area contributed by atoms with Crippen molar-refractivity contribution in [2.45, 2.75) is 33.8 Å². The molecule has 3 rings (SSSR count). The van der Waals surface area contributed by atoms with Crippen molar-refractivity contribution in [1.29, 1.82) is 0 Å². The number of rotatable bonds is 6. The average Bonchev–Trinajstić information content (AvgIpc) is 2.66. The standard InChI is InChI=1S/C22H22O5/c1-4-16-5-7-18(8-6-16)25-13-22(24)26-12-17-11-21(23)27-20-10-15(3)14(2)9-19(17)20/h5-11H,4,12-13H2,1-3H3. The Kier molecular flexibility index (Phi) is 5.60. The molecule has 0 bridgehead atoms. The van der Waals surface area contributed by atoms with E-state index in [2.05, 4.69) is 6.92 Å². The quantitative estimate of drug-likeness (QED) is 0.485. The molecular weight excluding hydrogens is 344 g/mol. The summed E-state index contributed by atoms with van der Waals surface area (Å²) in [7, 11) is 0. The van der Waals surface area contributed by atoms with Crippen LogP contribution < -0.4 is 10.4 Å². The molecule has 2 aromatic carbocycles. The van der Waals surface area contributed by atoms with Crippen molar-refractivity contribution in [1.82, 2.24) is 0 Å². The summed E-state index contributed by atoms with van der Waals surface area (Å²) in [4.78, 5) is 23.8. The Hall–Kier alpha value is -3.08. The highest BCUT2D eigenvalue weighted by Gasteiger charge is 2.11. The lowest BCUT2D eigenvalue weighted by molar-refractivity contribution is -0.147. The molecule has 1 heterocycles. The number of carbonyl (C=O) groups excluding carboxylic acids is 1. The maximum Gasteiger partial charge on any atom is 0.344 e. The van der Waals surface area contributed by atoms with Crippen LogP contribution in [0.3, 0.4) is 0 Å². The summed E-state index contributed by atoms with van der Waals surface area (Å²) in [6, 6.07) is 12.7. The van der Waals surface area contributed by atoms with Crippen LogP contribution >= 0.6 is 0 Å². The molecular formula is C22H22O5. The Labute approximate surface area is 157 Å². The number of carbonyl (C=O) groups is 1. The Balaban J connectivity index is 1.66. The predicted molar refractivity (Wildman–Crippen MR) is 103 cm³/mol. The van der Waals surface area contributed by atoms with Crippen molar-refractivity contribution in [3.63, 3.8) is 0 Å². The van der Waals surface area contributed by atoms with Gasteiger partial charge in [-0.25, -0.2) is 9.59 Å². The predicted octanol–water partition coefficient (Wildman–Crippen LogP) is 4.09. The fourth-order valence-corrected chi connectivity index (χ4v) is 2.77. The largest absolute Gasteiger partial charge is 0.482 e. The van der Waals surface area contributed by atoms with Gasteiger partial charge in [0.05, 0.1) is 0 Å². The van der Waals surface area contributed by atoms with Gasteiger partial charge >= 0.3 is 11.6 Å². The molecule has 5 nitrogen and oxygen atoms in total. The van der Waals surface area contributed by atoms with Gasteiger partial charge in [-0.15, -0.1) is 0 Å². The third-order valence-corrected chi connectivity index (χ3v) is 4.52. The number of aryl methyl sites for hydroxylation is 3. The lowest BCUT2D eigenvalue weighted by Gasteiger charge is -2.10. The Morgan fingerprint density at radius 2 is 1.74 bits per heavy atom. The van der Waals surface area contributed by atoms with Crippen LogP contribution in [0.25, 0.3) is 11.0 Å². The highest BCUT2D eigenvalue weighted by molar-refractivity contribution is 5.82. The number of benzene rings is 2. The van der Waals surface area contributed by atoms with E-state index in [4.69, 9.17) is 13.9 Å². The molecule has 0 unspecified atom stereocenters. The van der Waals surface area contributed by atoms with E-state index in [1.54, 1.807) is 0 Å². The molecule has 1 aromatic heterocycles. The Morgan fingerprint density at radius 1 is 1.04 bits per heavy atom. The van der Waals surface area contributed by atoms with E-state index in [-0.39, 0.29) is 13.2 Å². The summed E-state index contributed by atoms with van der Waals surface area (Å²) in [5.41, 5.74) is 3.94. The summed E-state index contributed by atoms with van der Waals surface area (Å²) in [6.07, 6.45) is 0.945. The minimum Gasteiger partial charge on any atom is -0.482 e. The van der Waals surface area contributed by atoms with Crippen molar-refractivity contribution in [2.75, 3.05) is 6.61 Å². The van der Waals surface area contributed by atoms with Crippen LogP contribution in [0.1, 0.15) is 29.2 Å². The van der Waals surface area contributed by atoms with Gasteiger partial charge in [-0.05, 0) is 61.2 Å². The van der Waals surface area contributed by atoms with Crippen LogP contribution in [0.5, 0.6) is 5.75 Å². The molecule has 0 aliphatic heterocycles. The normalized spacial score (nSPS) is 10.8. The number of ether oxygens (including phenoxy) is 2. The maximum absolute atomic E-state index is 12.0. The summed E-state index contributed by atoms with van der Waals surface area (Å²) >= 11 is 0. The van der Waals surface area contributed by atoms with Crippen LogP contribution in [-0.2, 0) is 22.6 Å².